The lowest BCUT2D eigenvalue weighted by Gasteiger charge is -2.38. The van der Waals surface area contributed by atoms with Crippen LogP contribution in [0, 0.1) is 5.82 Å². The molecule has 2 aliphatic rings. The van der Waals surface area contributed by atoms with E-state index in [0.717, 1.165) is 85.2 Å². The number of benzene rings is 2. The lowest BCUT2D eigenvalue weighted by Crippen LogP contribution is -2.45. The number of H-pyrrole nitrogens is 1. The van der Waals surface area contributed by atoms with Crippen molar-refractivity contribution in [1.29, 1.82) is 0 Å². The van der Waals surface area contributed by atoms with Gasteiger partial charge < -0.3 is 15.8 Å². The molecule has 0 atom stereocenters. The summed E-state index contributed by atoms with van der Waals surface area (Å²) < 4.78 is 21.3. The van der Waals surface area contributed by atoms with Gasteiger partial charge in [-0.25, -0.2) is 19.0 Å². The quantitative estimate of drug-likeness (QED) is 0.302. The van der Waals surface area contributed by atoms with Gasteiger partial charge in [0.05, 0.1) is 30.2 Å². The van der Waals surface area contributed by atoms with Gasteiger partial charge in [-0.3, -0.25) is 10.00 Å². The monoisotopic (exact) mass is 527 g/mol. The standard InChI is InChI=1S/C28H30FN9O/c29-18-2-1-3-19(15-18)33-27-22-14-17(4-9-23(22)34-35-27)25-24-26(30)31-16-32-28(24)38(36-25)21-7-5-20(6-8-21)37-10-12-39-13-11-37/h1-4,9,14-16,20-21H,5-8,10-13H2,(H2,30,31,32)(H2,33,34,35)/t20-,21-. The summed E-state index contributed by atoms with van der Waals surface area (Å²) in [6.45, 7) is 3.68. The zero-order chi connectivity index (χ0) is 26.3. The summed E-state index contributed by atoms with van der Waals surface area (Å²) in [5.74, 6) is 0.701. The van der Waals surface area contributed by atoms with Crippen molar-refractivity contribution in [2.24, 2.45) is 0 Å². The molecule has 2 fully saturated rings. The van der Waals surface area contributed by atoms with Gasteiger partial charge in [-0.15, -0.1) is 0 Å². The Kier molecular flexibility index (Phi) is 6.09. The molecule has 10 nitrogen and oxygen atoms in total. The number of hydrogen-bond acceptors (Lipinski definition) is 8. The Hall–Kier alpha value is -4.09. The molecule has 39 heavy (non-hydrogen) atoms. The normalized spacial score (nSPS) is 20.5. The molecule has 11 heteroatoms. The van der Waals surface area contributed by atoms with E-state index in [0.29, 0.717) is 23.4 Å². The van der Waals surface area contributed by atoms with Gasteiger partial charge in [0.15, 0.2) is 11.5 Å². The van der Waals surface area contributed by atoms with E-state index in [1.54, 1.807) is 12.1 Å². The molecule has 0 spiro atoms. The van der Waals surface area contributed by atoms with Gasteiger partial charge in [0.2, 0.25) is 0 Å². The van der Waals surface area contributed by atoms with Crippen molar-refractivity contribution in [3.63, 3.8) is 0 Å². The van der Waals surface area contributed by atoms with Gasteiger partial charge in [0.1, 0.15) is 23.7 Å². The molecule has 2 aromatic carbocycles. The summed E-state index contributed by atoms with van der Waals surface area (Å²) >= 11 is 0. The maximum absolute atomic E-state index is 13.7. The van der Waals surface area contributed by atoms with E-state index in [1.807, 2.05) is 18.2 Å². The van der Waals surface area contributed by atoms with E-state index in [2.05, 4.69) is 35.1 Å². The highest BCUT2D eigenvalue weighted by molar-refractivity contribution is 6.01. The first-order chi connectivity index (χ1) is 19.1. The number of nitrogens with two attached hydrogens (primary N) is 1. The molecule has 0 radical (unpaired) electrons. The van der Waals surface area contributed by atoms with E-state index >= 15 is 0 Å². The molecule has 4 heterocycles. The van der Waals surface area contributed by atoms with E-state index < -0.39 is 0 Å². The number of hydrogen-bond donors (Lipinski definition) is 3. The Morgan fingerprint density at radius 1 is 1.00 bits per heavy atom. The number of anilines is 3. The topological polar surface area (TPSA) is 123 Å². The number of aromatic nitrogens is 6. The predicted octanol–water partition coefficient (Wildman–Crippen LogP) is 4.65. The van der Waals surface area contributed by atoms with Crippen molar-refractivity contribution in [2.75, 3.05) is 37.4 Å². The van der Waals surface area contributed by atoms with Crippen LogP contribution in [0.2, 0.25) is 0 Å². The first-order valence-corrected chi connectivity index (χ1v) is 13.5. The van der Waals surface area contributed by atoms with Crippen LogP contribution in [0.25, 0.3) is 33.2 Å². The fourth-order valence-corrected chi connectivity index (χ4v) is 6.02. The van der Waals surface area contributed by atoms with E-state index in [-0.39, 0.29) is 11.9 Å². The number of nitrogen functional groups attached to an aromatic ring is 1. The van der Waals surface area contributed by atoms with Crippen molar-refractivity contribution >= 4 is 39.3 Å². The van der Waals surface area contributed by atoms with Crippen LogP contribution in [0.5, 0.6) is 0 Å². The van der Waals surface area contributed by atoms with Gasteiger partial charge >= 0.3 is 0 Å². The Bertz CT molecular complexity index is 1630. The maximum Gasteiger partial charge on any atom is 0.164 e. The summed E-state index contributed by atoms with van der Waals surface area (Å²) in [5.41, 5.74) is 10.3. The third kappa shape index (κ3) is 4.47. The van der Waals surface area contributed by atoms with Crippen molar-refractivity contribution < 1.29 is 9.13 Å². The van der Waals surface area contributed by atoms with Gasteiger partial charge in [0.25, 0.3) is 0 Å². The van der Waals surface area contributed by atoms with Crippen LogP contribution in [-0.4, -0.2) is 67.2 Å². The molecule has 200 valence electrons. The van der Waals surface area contributed by atoms with Crippen LogP contribution in [0.4, 0.5) is 21.7 Å². The average Bonchev–Trinajstić information content (AvgIpc) is 3.56. The largest absolute Gasteiger partial charge is 0.383 e. The molecule has 1 aliphatic heterocycles. The molecule has 5 aromatic rings. The highest BCUT2D eigenvalue weighted by atomic mass is 19.1. The van der Waals surface area contributed by atoms with Crippen LogP contribution in [0.3, 0.4) is 0 Å². The molecular formula is C28H30FN9O. The number of ether oxygens (including phenoxy) is 1. The third-order valence-electron chi connectivity index (χ3n) is 8.02. The highest BCUT2D eigenvalue weighted by Gasteiger charge is 2.30. The highest BCUT2D eigenvalue weighted by Crippen LogP contribution is 2.38. The van der Waals surface area contributed by atoms with Crippen LogP contribution < -0.4 is 11.1 Å². The van der Waals surface area contributed by atoms with E-state index in [9.17, 15) is 4.39 Å². The first-order valence-electron chi connectivity index (χ1n) is 13.5. The van der Waals surface area contributed by atoms with Gasteiger partial charge in [-0.05, 0) is 56.0 Å². The first kappa shape index (κ1) is 24.0. The van der Waals surface area contributed by atoms with Crippen LogP contribution in [0.15, 0.2) is 48.8 Å². The molecule has 0 amide bonds. The molecule has 0 bridgehead atoms. The molecule has 4 N–H and O–H groups in total. The number of rotatable bonds is 5. The molecule has 3 aromatic heterocycles. The zero-order valence-corrected chi connectivity index (χ0v) is 21.5. The SMILES string of the molecule is Nc1ncnc2c1c(-c1ccc3[nH]nc(Nc4cccc(F)c4)c3c1)nn2[C@H]1CC[C@H](N2CCOCC2)CC1. The summed E-state index contributed by atoms with van der Waals surface area (Å²) in [5, 5.41) is 17.4. The second kappa shape index (κ2) is 9.90. The summed E-state index contributed by atoms with van der Waals surface area (Å²) in [6.07, 6.45) is 5.82. The molecule has 0 unspecified atom stereocenters. The summed E-state index contributed by atoms with van der Waals surface area (Å²) in [6, 6.07) is 13.1. The number of nitrogens with one attached hydrogen (secondary N) is 2. The summed E-state index contributed by atoms with van der Waals surface area (Å²) in [4.78, 5) is 11.5. The van der Waals surface area contributed by atoms with Gasteiger partial charge in [-0.2, -0.15) is 10.2 Å². The number of fused-ring (bicyclic) bond motifs is 2. The van der Waals surface area contributed by atoms with Crippen LogP contribution in [-0.2, 0) is 4.74 Å². The smallest absolute Gasteiger partial charge is 0.164 e. The average molecular weight is 528 g/mol. The lowest BCUT2D eigenvalue weighted by molar-refractivity contribution is 0.00520. The molecule has 1 saturated heterocycles. The summed E-state index contributed by atoms with van der Waals surface area (Å²) in [7, 11) is 0. The second-order valence-electron chi connectivity index (χ2n) is 10.3. The van der Waals surface area contributed by atoms with Crippen molar-refractivity contribution in [3.8, 4) is 11.3 Å². The fraction of sp³-hybridized carbons (Fsp3) is 0.357. The van der Waals surface area contributed by atoms with Crippen LogP contribution in [0.1, 0.15) is 31.7 Å². The Balaban J connectivity index is 1.22. The molecular weight excluding hydrogens is 497 g/mol. The van der Waals surface area contributed by atoms with Crippen molar-refractivity contribution in [1.82, 2.24) is 34.8 Å². The zero-order valence-electron chi connectivity index (χ0n) is 21.5. The Morgan fingerprint density at radius 3 is 2.64 bits per heavy atom. The minimum Gasteiger partial charge on any atom is -0.383 e. The maximum atomic E-state index is 13.7. The number of morpholine rings is 1. The number of aromatic amines is 1. The van der Waals surface area contributed by atoms with Crippen LogP contribution >= 0.6 is 0 Å². The van der Waals surface area contributed by atoms with E-state index in [1.165, 1.54) is 18.5 Å². The van der Waals surface area contributed by atoms with Crippen molar-refractivity contribution in [2.45, 2.75) is 37.8 Å². The van der Waals surface area contributed by atoms with Gasteiger partial charge in [-0.1, -0.05) is 12.1 Å². The third-order valence-corrected chi connectivity index (χ3v) is 8.02. The van der Waals surface area contributed by atoms with E-state index in [4.69, 9.17) is 15.6 Å². The van der Waals surface area contributed by atoms with Gasteiger partial charge in [0, 0.05) is 35.8 Å². The minimum absolute atomic E-state index is 0.246. The minimum atomic E-state index is -0.313. The second-order valence-corrected chi connectivity index (χ2v) is 10.3. The molecule has 1 saturated carbocycles. The fourth-order valence-electron chi connectivity index (χ4n) is 6.02. The number of halogens is 1. The predicted molar refractivity (Wildman–Crippen MR) is 148 cm³/mol. The Morgan fingerprint density at radius 2 is 1.82 bits per heavy atom. The van der Waals surface area contributed by atoms with Crippen molar-refractivity contribution in [3.05, 3.63) is 54.6 Å². The number of nitrogens with zero attached hydrogens (tertiary/aromatic N) is 6. The molecule has 1 aliphatic carbocycles. The lowest BCUT2D eigenvalue weighted by atomic mass is 9.90. The molecule has 7 rings (SSSR count). The Labute approximate surface area is 224 Å².